The van der Waals surface area contributed by atoms with Crippen LogP contribution in [0.3, 0.4) is 0 Å². The number of fused-ring (bicyclic) bond motifs is 1. The molecule has 0 amide bonds. The van der Waals surface area contributed by atoms with E-state index in [4.69, 9.17) is 21.2 Å². The average Bonchev–Trinajstić information content (AvgIpc) is 2.60. The van der Waals surface area contributed by atoms with E-state index in [-0.39, 0.29) is 0 Å². The molecule has 0 saturated carbocycles. The third-order valence-electron chi connectivity index (χ3n) is 2.54. The summed E-state index contributed by atoms with van der Waals surface area (Å²) in [5.74, 6) is -0.650. The normalized spacial score (nSPS) is 11.9. The Hall–Kier alpha value is -1.55. The quantitative estimate of drug-likeness (QED) is 0.875. The van der Waals surface area contributed by atoms with Crippen molar-refractivity contribution < 1.29 is 14.4 Å². The highest BCUT2D eigenvalue weighted by atomic mass is 35.5. The number of hydrogen-bond acceptors (Lipinski definition) is 3. The summed E-state index contributed by atoms with van der Waals surface area (Å²) in [6, 6.07) is 5.04. The maximum absolute atomic E-state index is 11.1. The fourth-order valence-corrected chi connectivity index (χ4v) is 1.63. The molecule has 0 unspecified atom stereocenters. The second-order valence-electron chi connectivity index (χ2n) is 4.10. The van der Waals surface area contributed by atoms with E-state index in [0.717, 1.165) is 0 Å². The third-order valence-corrected chi connectivity index (χ3v) is 2.78. The number of hydrogen-bond donors (Lipinski definition) is 1. The second kappa shape index (κ2) is 3.49. The van der Waals surface area contributed by atoms with Crippen LogP contribution in [0.4, 0.5) is 0 Å². The minimum atomic E-state index is -1.13. The molecule has 0 saturated heterocycles. The van der Waals surface area contributed by atoms with Gasteiger partial charge < -0.3 is 9.63 Å². The molecule has 1 aromatic heterocycles. The van der Waals surface area contributed by atoms with Crippen LogP contribution in [0.5, 0.6) is 0 Å². The van der Waals surface area contributed by atoms with Crippen LogP contribution in [0.15, 0.2) is 22.7 Å². The molecule has 2 rings (SSSR count). The Kier molecular flexibility index (Phi) is 2.39. The summed E-state index contributed by atoms with van der Waals surface area (Å²) in [6.07, 6.45) is 0. The maximum Gasteiger partial charge on any atom is 0.316 e. The van der Waals surface area contributed by atoms with E-state index < -0.39 is 11.4 Å². The van der Waals surface area contributed by atoms with Crippen LogP contribution < -0.4 is 0 Å². The number of benzene rings is 1. The van der Waals surface area contributed by atoms with Gasteiger partial charge in [-0.25, -0.2) is 0 Å². The van der Waals surface area contributed by atoms with Crippen LogP contribution in [0, 0.1) is 0 Å². The number of halogens is 1. The topological polar surface area (TPSA) is 63.3 Å². The lowest BCUT2D eigenvalue weighted by Crippen LogP contribution is -2.28. The Morgan fingerprint density at radius 2 is 2.19 bits per heavy atom. The molecule has 4 nitrogen and oxygen atoms in total. The molecule has 0 aliphatic rings. The van der Waals surface area contributed by atoms with Gasteiger partial charge in [0, 0.05) is 10.4 Å². The fourth-order valence-electron chi connectivity index (χ4n) is 1.46. The number of nitrogens with zero attached hydrogens (tertiary/aromatic N) is 1. The third kappa shape index (κ3) is 1.55. The molecule has 84 valence electrons. The van der Waals surface area contributed by atoms with E-state index in [1.165, 1.54) is 0 Å². The first kappa shape index (κ1) is 11.0. The molecule has 1 aromatic carbocycles. The van der Waals surface area contributed by atoms with Crippen LogP contribution in [-0.2, 0) is 10.2 Å². The van der Waals surface area contributed by atoms with Crippen molar-refractivity contribution in [2.45, 2.75) is 19.3 Å². The Labute approximate surface area is 96.8 Å². The molecule has 0 fully saturated rings. The van der Waals surface area contributed by atoms with Gasteiger partial charge >= 0.3 is 5.97 Å². The summed E-state index contributed by atoms with van der Waals surface area (Å²) in [6.45, 7) is 3.13. The fraction of sp³-hybridized carbons (Fsp3) is 0.273. The van der Waals surface area contributed by atoms with Crippen molar-refractivity contribution in [3.8, 4) is 0 Å². The number of aliphatic carboxylic acids is 1. The number of carbonyl (C=O) groups is 1. The molecule has 5 heteroatoms. The first-order valence-electron chi connectivity index (χ1n) is 4.72. The molecule has 0 spiro atoms. The minimum absolute atomic E-state index is 0.317. The minimum Gasteiger partial charge on any atom is -0.481 e. The van der Waals surface area contributed by atoms with E-state index in [0.29, 0.717) is 21.7 Å². The SMILES string of the molecule is CC(C)(C(=O)O)c1onc2ccc(Cl)cc12. The number of carboxylic acids is 1. The number of rotatable bonds is 2. The Morgan fingerprint density at radius 3 is 2.81 bits per heavy atom. The van der Waals surface area contributed by atoms with Crippen LogP contribution in [-0.4, -0.2) is 16.2 Å². The highest BCUT2D eigenvalue weighted by Gasteiger charge is 2.35. The van der Waals surface area contributed by atoms with Crippen molar-refractivity contribution in [3.63, 3.8) is 0 Å². The molecular weight excluding hydrogens is 230 g/mol. The van der Waals surface area contributed by atoms with Gasteiger partial charge in [0.05, 0.1) is 0 Å². The predicted octanol–water partition coefficient (Wildman–Crippen LogP) is 2.84. The highest BCUT2D eigenvalue weighted by Crippen LogP contribution is 2.32. The zero-order valence-corrected chi connectivity index (χ0v) is 9.58. The van der Waals surface area contributed by atoms with Crippen LogP contribution in [0.1, 0.15) is 19.6 Å². The van der Waals surface area contributed by atoms with Crippen molar-refractivity contribution in [3.05, 3.63) is 29.0 Å². The molecule has 2 aromatic rings. The van der Waals surface area contributed by atoms with E-state index in [1.807, 2.05) is 0 Å². The lowest BCUT2D eigenvalue weighted by molar-refractivity contribution is -0.143. The van der Waals surface area contributed by atoms with Gasteiger partial charge in [0.2, 0.25) is 0 Å². The summed E-state index contributed by atoms with van der Waals surface area (Å²) in [4.78, 5) is 11.1. The summed E-state index contributed by atoms with van der Waals surface area (Å²) in [7, 11) is 0. The predicted molar refractivity (Wildman–Crippen MR) is 59.7 cm³/mol. The number of carboxylic acid groups (broad SMARTS) is 1. The highest BCUT2D eigenvalue weighted by molar-refractivity contribution is 6.31. The average molecular weight is 240 g/mol. The monoisotopic (exact) mass is 239 g/mol. The Morgan fingerprint density at radius 1 is 1.50 bits per heavy atom. The van der Waals surface area contributed by atoms with Crippen molar-refractivity contribution in [1.82, 2.24) is 5.16 Å². The molecule has 0 aliphatic heterocycles. The van der Waals surface area contributed by atoms with Gasteiger partial charge in [-0.1, -0.05) is 16.8 Å². The molecule has 0 radical (unpaired) electrons. The van der Waals surface area contributed by atoms with E-state index in [1.54, 1.807) is 32.0 Å². The lowest BCUT2D eigenvalue weighted by atomic mass is 9.88. The summed E-state index contributed by atoms with van der Waals surface area (Å²) in [5, 5.41) is 14.1. The molecular formula is C11H10ClNO3. The van der Waals surface area contributed by atoms with Crippen LogP contribution in [0.25, 0.3) is 10.9 Å². The standard InChI is InChI=1S/C11H10ClNO3/c1-11(2,10(14)15)9-7-5-6(12)3-4-8(7)13-16-9/h3-5H,1-2H3,(H,14,15). The molecule has 1 heterocycles. The Bertz CT molecular complexity index is 559. The van der Waals surface area contributed by atoms with Crippen molar-refractivity contribution in [1.29, 1.82) is 0 Å². The summed E-state index contributed by atoms with van der Waals surface area (Å²) >= 11 is 5.86. The molecule has 0 atom stereocenters. The smallest absolute Gasteiger partial charge is 0.316 e. The molecule has 16 heavy (non-hydrogen) atoms. The first-order chi connectivity index (χ1) is 7.43. The van der Waals surface area contributed by atoms with Gasteiger partial charge in [0.15, 0.2) is 5.76 Å². The van der Waals surface area contributed by atoms with Gasteiger partial charge in [0.25, 0.3) is 0 Å². The molecule has 0 aliphatic carbocycles. The van der Waals surface area contributed by atoms with Crippen molar-refractivity contribution in [2.75, 3.05) is 0 Å². The van der Waals surface area contributed by atoms with E-state index in [9.17, 15) is 4.79 Å². The van der Waals surface area contributed by atoms with Gasteiger partial charge in [-0.15, -0.1) is 0 Å². The van der Waals surface area contributed by atoms with Crippen molar-refractivity contribution in [2.24, 2.45) is 0 Å². The van der Waals surface area contributed by atoms with Gasteiger partial charge in [-0.3, -0.25) is 4.79 Å². The van der Waals surface area contributed by atoms with E-state index >= 15 is 0 Å². The van der Waals surface area contributed by atoms with Crippen LogP contribution in [0.2, 0.25) is 5.02 Å². The maximum atomic E-state index is 11.1. The van der Waals surface area contributed by atoms with Crippen molar-refractivity contribution >= 4 is 28.5 Å². The number of aromatic nitrogens is 1. The first-order valence-corrected chi connectivity index (χ1v) is 5.09. The van der Waals surface area contributed by atoms with E-state index in [2.05, 4.69) is 5.16 Å². The van der Waals surface area contributed by atoms with Gasteiger partial charge in [0.1, 0.15) is 10.9 Å². The summed E-state index contributed by atoms with van der Waals surface area (Å²) < 4.78 is 5.11. The molecule has 0 bridgehead atoms. The lowest BCUT2D eigenvalue weighted by Gasteiger charge is -2.15. The Balaban J connectivity index is 2.70. The zero-order chi connectivity index (χ0) is 11.9. The van der Waals surface area contributed by atoms with Crippen LogP contribution >= 0.6 is 11.6 Å². The van der Waals surface area contributed by atoms with Gasteiger partial charge in [-0.05, 0) is 32.0 Å². The summed E-state index contributed by atoms with van der Waals surface area (Å²) in [5.41, 5.74) is -0.520. The largest absolute Gasteiger partial charge is 0.481 e. The second-order valence-corrected chi connectivity index (χ2v) is 4.54. The zero-order valence-electron chi connectivity index (χ0n) is 8.82. The molecule has 1 N–H and O–H groups in total. The van der Waals surface area contributed by atoms with Gasteiger partial charge in [-0.2, -0.15) is 0 Å².